The number of anilines is 3. The molecule has 0 radical (unpaired) electrons. The van der Waals surface area contributed by atoms with Crippen LogP contribution in [0.15, 0.2) is 174 Å². The van der Waals surface area contributed by atoms with E-state index in [1.54, 1.807) is 11.3 Å². The van der Waals surface area contributed by atoms with Gasteiger partial charge in [-0.2, -0.15) is 0 Å². The predicted molar refractivity (Wildman–Crippen MR) is 213 cm³/mol. The quantitative estimate of drug-likeness (QED) is 0.176. The molecule has 0 aliphatic heterocycles. The number of thiophene rings is 1. The summed E-state index contributed by atoms with van der Waals surface area (Å²) in [5.41, 5.74) is 9.72. The van der Waals surface area contributed by atoms with Crippen LogP contribution >= 0.6 is 22.7 Å². The standard InChI is InChI=1S/C45H28N2OS2/c1-4-10-40-33(7-1)28-41(48-40)30-15-22-35(23-16-30)47(36-24-17-31(18-25-36)45-46-39-9-3-6-12-44(39)50-45)34-20-13-29(14-21-34)32-19-26-43-38(27-32)37-8-2-5-11-42(37)49-43/h1-28H. The van der Waals surface area contributed by atoms with Crippen LogP contribution in [0.3, 0.4) is 0 Å². The van der Waals surface area contributed by atoms with Crippen molar-refractivity contribution < 1.29 is 4.42 Å². The van der Waals surface area contributed by atoms with E-state index in [4.69, 9.17) is 9.40 Å². The molecule has 0 aliphatic rings. The SMILES string of the molecule is c1ccc2oc(-c3ccc(N(c4ccc(-c5ccc6sc7ccccc7c6c5)cc4)c4ccc(-c5nc6ccccc6s5)cc4)cc3)cc2c1. The number of thiazole rings is 1. The largest absolute Gasteiger partial charge is 0.456 e. The number of para-hydroxylation sites is 2. The van der Waals surface area contributed by atoms with Crippen LogP contribution in [0.4, 0.5) is 17.1 Å². The summed E-state index contributed by atoms with van der Waals surface area (Å²) in [6.07, 6.45) is 0. The van der Waals surface area contributed by atoms with Gasteiger partial charge in [0, 0.05) is 53.7 Å². The first-order valence-corrected chi connectivity index (χ1v) is 18.2. The van der Waals surface area contributed by atoms with E-state index < -0.39 is 0 Å². The van der Waals surface area contributed by atoms with E-state index in [-0.39, 0.29) is 0 Å². The van der Waals surface area contributed by atoms with Gasteiger partial charge >= 0.3 is 0 Å². The minimum absolute atomic E-state index is 0.865. The molecule has 5 heteroatoms. The zero-order valence-corrected chi connectivity index (χ0v) is 28.4. The van der Waals surface area contributed by atoms with Crippen molar-refractivity contribution in [1.82, 2.24) is 4.98 Å². The van der Waals surface area contributed by atoms with Crippen molar-refractivity contribution in [2.45, 2.75) is 0 Å². The van der Waals surface area contributed by atoms with Crippen LogP contribution in [0.1, 0.15) is 0 Å². The summed E-state index contributed by atoms with van der Waals surface area (Å²) in [6, 6.07) is 60.3. The molecule has 0 unspecified atom stereocenters. The summed E-state index contributed by atoms with van der Waals surface area (Å²) in [7, 11) is 0. The number of rotatable bonds is 6. The minimum Gasteiger partial charge on any atom is -0.456 e. The molecule has 10 aromatic rings. The molecule has 0 N–H and O–H groups in total. The Hall–Kier alpha value is -6.01. The summed E-state index contributed by atoms with van der Waals surface area (Å²) in [6.45, 7) is 0. The molecule has 3 heterocycles. The van der Waals surface area contributed by atoms with Gasteiger partial charge in [0.25, 0.3) is 0 Å². The third-order valence-electron chi connectivity index (χ3n) is 9.34. The van der Waals surface area contributed by atoms with Crippen molar-refractivity contribution in [2.24, 2.45) is 0 Å². The van der Waals surface area contributed by atoms with Crippen molar-refractivity contribution in [1.29, 1.82) is 0 Å². The Balaban J connectivity index is 1.03. The van der Waals surface area contributed by atoms with Gasteiger partial charge in [0.05, 0.1) is 10.2 Å². The van der Waals surface area contributed by atoms with Crippen LogP contribution in [-0.2, 0) is 0 Å². The first-order valence-electron chi connectivity index (χ1n) is 16.6. The number of aromatic nitrogens is 1. The van der Waals surface area contributed by atoms with E-state index in [1.807, 2.05) is 35.6 Å². The number of benzene rings is 7. The number of fused-ring (bicyclic) bond motifs is 5. The first-order chi connectivity index (χ1) is 24.7. The summed E-state index contributed by atoms with van der Waals surface area (Å²) in [5.74, 6) is 0.865. The Bertz CT molecular complexity index is 2620. The lowest BCUT2D eigenvalue weighted by atomic mass is 10.0. The highest BCUT2D eigenvalue weighted by Gasteiger charge is 2.16. The average Bonchev–Trinajstić information content (AvgIpc) is 3.91. The van der Waals surface area contributed by atoms with Gasteiger partial charge in [0.15, 0.2) is 0 Å². The summed E-state index contributed by atoms with van der Waals surface area (Å²) in [4.78, 5) is 7.20. The lowest BCUT2D eigenvalue weighted by Crippen LogP contribution is -2.09. The Morgan fingerprint density at radius 3 is 1.78 bits per heavy atom. The van der Waals surface area contributed by atoms with Crippen molar-refractivity contribution in [3.63, 3.8) is 0 Å². The van der Waals surface area contributed by atoms with Crippen LogP contribution in [-0.4, -0.2) is 4.98 Å². The van der Waals surface area contributed by atoms with E-state index in [0.717, 1.165) is 55.4 Å². The maximum Gasteiger partial charge on any atom is 0.135 e. The van der Waals surface area contributed by atoms with E-state index in [0.29, 0.717) is 0 Å². The molecule has 236 valence electrons. The van der Waals surface area contributed by atoms with Crippen LogP contribution < -0.4 is 4.90 Å². The van der Waals surface area contributed by atoms with Crippen molar-refractivity contribution >= 4 is 81.1 Å². The molecule has 0 saturated carbocycles. The van der Waals surface area contributed by atoms with Gasteiger partial charge in [-0.15, -0.1) is 22.7 Å². The van der Waals surface area contributed by atoms with Crippen LogP contribution in [0, 0.1) is 0 Å². The fourth-order valence-electron chi connectivity index (χ4n) is 6.80. The minimum atomic E-state index is 0.865. The maximum atomic E-state index is 6.18. The normalized spacial score (nSPS) is 11.6. The molecule has 0 spiro atoms. The van der Waals surface area contributed by atoms with Gasteiger partial charge in [0.1, 0.15) is 16.4 Å². The Morgan fingerprint density at radius 2 is 1.04 bits per heavy atom. The smallest absolute Gasteiger partial charge is 0.135 e. The van der Waals surface area contributed by atoms with Gasteiger partial charge < -0.3 is 9.32 Å². The Kier molecular flexibility index (Phi) is 6.86. The average molecular weight is 677 g/mol. The summed E-state index contributed by atoms with van der Waals surface area (Å²) < 4.78 is 10.0. The lowest BCUT2D eigenvalue weighted by molar-refractivity contribution is 0.631. The lowest BCUT2D eigenvalue weighted by Gasteiger charge is -2.26. The molecular weight excluding hydrogens is 649 g/mol. The molecule has 7 aromatic carbocycles. The summed E-state index contributed by atoms with van der Waals surface area (Å²) >= 11 is 3.58. The fourth-order valence-corrected chi connectivity index (χ4v) is 8.86. The number of furan rings is 1. The highest BCUT2D eigenvalue weighted by Crippen LogP contribution is 2.40. The fraction of sp³-hybridized carbons (Fsp3) is 0. The van der Waals surface area contributed by atoms with Crippen LogP contribution in [0.5, 0.6) is 0 Å². The second-order valence-corrected chi connectivity index (χ2v) is 14.5. The number of hydrogen-bond acceptors (Lipinski definition) is 5. The molecule has 0 saturated heterocycles. The molecule has 10 rings (SSSR count). The van der Waals surface area contributed by atoms with Crippen LogP contribution in [0.25, 0.3) is 74.4 Å². The maximum absolute atomic E-state index is 6.18. The highest BCUT2D eigenvalue weighted by molar-refractivity contribution is 7.25. The molecule has 3 aromatic heterocycles. The monoisotopic (exact) mass is 676 g/mol. The van der Waals surface area contributed by atoms with Crippen molar-refractivity contribution in [3.05, 3.63) is 170 Å². The first kappa shape index (κ1) is 29.0. The zero-order chi connectivity index (χ0) is 33.0. The van der Waals surface area contributed by atoms with Crippen molar-refractivity contribution in [2.75, 3.05) is 4.90 Å². The third-order valence-corrected chi connectivity index (χ3v) is 11.6. The third kappa shape index (κ3) is 5.07. The molecule has 3 nitrogen and oxygen atoms in total. The van der Waals surface area contributed by atoms with Crippen LogP contribution in [0.2, 0.25) is 0 Å². The Labute approximate surface area is 296 Å². The molecular formula is C45H28N2OS2. The van der Waals surface area contributed by atoms with Gasteiger partial charge in [-0.3, -0.25) is 0 Å². The van der Waals surface area contributed by atoms with Gasteiger partial charge in [-0.1, -0.05) is 66.7 Å². The summed E-state index contributed by atoms with van der Waals surface area (Å²) in [5, 5.41) is 4.76. The van der Waals surface area contributed by atoms with Gasteiger partial charge in [-0.25, -0.2) is 4.98 Å². The Morgan fingerprint density at radius 1 is 0.440 bits per heavy atom. The molecule has 0 bridgehead atoms. The molecule has 0 aliphatic carbocycles. The zero-order valence-electron chi connectivity index (χ0n) is 26.8. The van der Waals surface area contributed by atoms with Gasteiger partial charge in [0.2, 0.25) is 0 Å². The van der Waals surface area contributed by atoms with Gasteiger partial charge in [-0.05, 0) is 114 Å². The molecule has 0 amide bonds. The van der Waals surface area contributed by atoms with E-state index in [1.165, 1.54) is 36.0 Å². The second-order valence-electron chi connectivity index (χ2n) is 12.4. The highest BCUT2D eigenvalue weighted by atomic mass is 32.1. The molecule has 50 heavy (non-hydrogen) atoms. The van der Waals surface area contributed by atoms with E-state index >= 15 is 0 Å². The molecule has 0 fully saturated rings. The second kappa shape index (κ2) is 11.8. The topological polar surface area (TPSA) is 29.3 Å². The number of hydrogen-bond donors (Lipinski definition) is 0. The predicted octanol–water partition coefficient (Wildman–Crippen LogP) is 13.9. The van der Waals surface area contributed by atoms with Crippen molar-refractivity contribution in [3.8, 4) is 33.0 Å². The molecule has 0 atom stereocenters. The number of nitrogens with zero attached hydrogens (tertiary/aromatic N) is 2. The van der Waals surface area contributed by atoms with E-state index in [2.05, 4.69) is 150 Å². The van der Waals surface area contributed by atoms with E-state index in [9.17, 15) is 0 Å².